The number of nitrogens with zero attached hydrogens (tertiary/aromatic N) is 1. The molecule has 0 spiro atoms. The van der Waals surface area contributed by atoms with Crippen LogP contribution in [0.25, 0.3) is 0 Å². The molecule has 1 aromatic carbocycles. The van der Waals surface area contributed by atoms with Gasteiger partial charge < -0.3 is 5.32 Å². The summed E-state index contributed by atoms with van der Waals surface area (Å²) >= 11 is 0. The molecular formula is C13H22N2. The van der Waals surface area contributed by atoms with Crippen LogP contribution in [0.4, 0.5) is 0 Å². The van der Waals surface area contributed by atoms with Crippen molar-refractivity contribution in [1.29, 1.82) is 0 Å². The zero-order valence-electron chi connectivity index (χ0n) is 10.1. The van der Waals surface area contributed by atoms with E-state index in [9.17, 15) is 0 Å². The van der Waals surface area contributed by atoms with Gasteiger partial charge >= 0.3 is 0 Å². The summed E-state index contributed by atoms with van der Waals surface area (Å²) < 4.78 is 0. The van der Waals surface area contributed by atoms with Crippen molar-refractivity contribution in [2.75, 3.05) is 20.8 Å². The largest absolute Gasteiger partial charge is 0.307 e. The van der Waals surface area contributed by atoms with Gasteiger partial charge in [0.1, 0.15) is 0 Å². The Balaban J connectivity index is 2.48. The van der Waals surface area contributed by atoms with Gasteiger partial charge in [0.25, 0.3) is 0 Å². The highest BCUT2D eigenvalue weighted by Crippen LogP contribution is 2.08. The highest BCUT2D eigenvalue weighted by atomic mass is 15.2. The molecule has 1 rings (SSSR count). The lowest BCUT2D eigenvalue weighted by Gasteiger charge is -2.15. The molecule has 2 nitrogen and oxygen atoms in total. The van der Waals surface area contributed by atoms with E-state index in [2.05, 4.69) is 48.5 Å². The van der Waals surface area contributed by atoms with Gasteiger partial charge in [0.15, 0.2) is 0 Å². The molecular weight excluding hydrogens is 184 g/mol. The van der Waals surface area contributed by atoms with E-state index in [0.717, 1.165) is 13.2 Å². The van der Waals surface area contributed by atoms with Crippen molar-refractivity contribution in [3.8, 4) is 0 Å². The van der Waals surface area contributed by atoms with Crippen molar-refractivity contribution in [2.45, 2.75) is 26.3 Å². The Morgan fingerprint density at radius 3 is 2.27 bits per heavy atom. The van der Waals surface area contributed by atoms with Gasteiger partial charge in [0.05, 0.1) is 0 Å². The van der Waals surface area contributed by atoms with Crippen LogP contribution in [0.2, 0.25) is 0 Å². The van der Waals surface area contributed by atoms with Crippen LogP contribution in [-0.4, -0.2) is 25.7 Å². The monoisotopic (exact) mass is 206 g/mol. The molecule has 2 heteroatoms. The standard InChI is InChI=1S/C13H22N2/c1-4-5-12-6-8-13(9-7-12)10-15(3)11-14-2/h6-9,14H,4-5,10-11H2,1-3H3. The lowest BCUT2D eigenvalue weighted by molar-refractivity contribution is 0.310. The smallest absolute Gasteiger partial charge is 0.0478 e. The maximum Gasteiger partial charge on any atom is 0.0478 e. The normalized spacial score (nSPS) is 10.9. The van der Waals surface area contributed by atoms with Crippen LogP contribution in [0.3, 0.4) is 0 Å². The first-order valence-electron chi connectivity index (χ1n) is 5.67. The van der Waals surface area contributed by atoms with Crippen LogP contribution in [-0.2, 0) is 13.0 Å². The third-order valence-electron chi connectivity index (χ3n) is 2.44. The van der Waals surface area contributed by atoms with Crippen LogP contribution >= 0.6 is 0 Å². The second-order valence-electron chi connectivity index (χ2n) is 4.09. The zero-order chi connectivity index (χ0) is 11.1. The third kappa shape index (κ3) is 4.45. The third-order valence-corrected chi connectivity index (χ3v) is 2.44. The molecule has 0 unspecified atom stereocenters. The maximum atomic E-state index is 3.15. The molecule has 0 aliphatic rings. The molecule has 0 fully saturated rings. The number of nitrogens with one attached hydrogen (secondary N) is 1. The second-order valence-corrected chi connectivity index (χ2v) is 4.09. The number of rotatable bonds is 6. The lowest BCUT2D eigenvalue weighted by Crippen LogP contribution is -2.27. The summed E-state index contributed by atoms with van der Waals surface area (Å²) in [5, 5.41) is 3.15. The Kier molecular flexibility index (Phi) is 5.37. The summed E-state index contributed by atoms with van der Waals surface area (Å²) in [6.45, 7) is 4.15. The van der Waals surface area contributed by atoms with Gasteiger partial charge in [-0.2, -0.15) is 0 Å². The van der Waals surface area contributed by atoms with Crippen molar-refractivity contribution in [1.82, 2.24) is 10.2 Å². The van der Waals surface area contributed by atoms with Crippen molar-refractivity contribution in [3.63, 3.8) is 0 Å². The minimum atomic E-state index is 0.927. The maximum absolute atomic E-state index is 3.15. The summed E-state index contributed by atoms with van der Waals surface area (Å²) in [5.41, 5.74) is 2.82. The van der Waals surface area contributed by atoms with Gasteiger partial charge in [0.2, 0.25) is 0 Å². The fraction of sp³-hybridized carbons (Fsp3) is 0.538. The van der Waals surface area contributed by atoms with E-state index in [-0.39, 0.29) is 0 Å². The Labute approximate surface area is 93.3 Å². The molecule has 0 bridgehead atoms. The van der Waals surface area contributed by atoms with Gasteiger partial charge in [0, 0.05) is 13.2 Å². The van der Waals surface area contributed by atoms with E-state index < -0.39 is 0 Å². The number of aryl methyl sites for hydroxylation is 1. The molecule has 0 saturated heterocycles. The SMILES string of the molecule is CCCc1ccc(CN(C)CNC)cc1. The quantitative estimate of drug-likeness (QED) is 0.718. The first-order chi connectivity index (χ1) is 7.26. The summed E-state index contributed by atoms with van der Waals surface area (Å²) in [6, 6.07) is 8.95. The molecule has 0 amide bonds. The minimum absolute atomic E-state index is 0.927. The molecule has 0 aliphatic carbocycles. The molecule has 0 atom stereocenters. The molecule has 0 heterocycles. The zero-order valence-corrected chi connectivity index (χ0v) is 10.1. The van der Waals surface area contributed by atoms with Crippen molar-refractivity contribution >= 4 is 0 Å². The van der Waals surface area contributed by atoms with E-state index in [1.165, 1.54) is 24.0 Å². The van der Waals surface area contributed by atoms with Crippen molar-refractivity contribution in [3.05, 3.63) is 35.4 Å². The van der Waals surface area contributed by atoms with E-state index >= 15 is 0 Å². The molecule has 1 aromatic rings. The van der Waals surface area contributed by atoms with Crippen LogP contribution in [0.1, 0.15) is 24.5 Å². The number of benzene rings is 1. The van der Waals surface area contributed by atoms with Crippen molar-refractivity contribution in [2.24, 2.45) is 0 Å². The van der Waals surface area contributed by atoms with E-state index in [1.807, 2.05) is 7.05 Å². The predicted molar refractivity (Wildman–Crippen MR) is 65.8 cm³/mol. The van der Waals surface area contributed by atoms with E-state index in [4.69, 9.17) is 0 Å². The van der Waals surface area contributed by atoms with Gasteiger partial charge in [-0.1, -0.05) is 37.6 Å². The molecule has 84 valence electrons. The van der Waals surface area contributed by atoms with Crippen LogP contribution in [0.5, 0.6) is 0 Å². The molecule has 0 aliphatic heterocycles. The average Bonchev–Trinajstić information content (AvgIpc) is 2.22. The Bertz CT molecular complexity index is 266. The molecule has 0 aromatic heterocycles. The van der Waals surface area contributed by atoms with Gasteiger partial charge in [-0.25, -0.2) is 0 Å². The van der Waals surface area contributed by atoms with Crippen molar-refractivity contribution < 1.29 is 0 Å². The molecule has 0 radical (unpaired) electrons. The molecule has 0 saturated carbocycles. The first-order valence-corrected chi connectivity index (χ1v) is 5.67. The lowest BCUT2D eigenvalue weighted by atomic mass is 10.1. The second kappa shape index (κ2) is 6.59. The van der Waals surface area contributed by atoms with Gasteiger partial charge in [-0.3, -0.25) is 4.90 Å². The summed E-state index contributed by atoms with van der Waals surface area (Å²) in [7, 11) is 4.09. The Morgan fingerprint density at radius 1 is 1.13 bits per heavy atom. The summed E-state index contributed by atoms with van der Waals surface area (Å²) in [4.78, 5) is 2.26. The highest BCUT2D eigenvalue weighted by Gasteiger charge is 1.98. The molecule has 1 N–H and O–H groups in total. The summed E-state index contributed by atoms with van der Waals surface area (Å²) in [5.74, 6) is 0. The van der Waals surface area contributed by atoms with E-state index in [1.54, 1.807) is 0 Å². The number of hydrogen-bond donors (Lipinski definition) is 1. The first kappa shape index (κ1) is 12.2. The fourth-order valence-corrected chi connectivity index (χ4v) is 1.74. The molecule has 15 heavy (non-hydrogen) atoms. The van der Waals surface area contributed by atoms with Crippen LogP contribution < -0.4 is 5.32 Å². The average molecular weight is 206 g/mol. The topological polar surface area (TPSA) is 15.3 Å². The van der Waals surface area contributed by atoms with Crippen LogP contribution in [0.15, 0.2) is 24.3 Å². The van der Waals surface area contributed by atoms with Crippen LogP contribution in [0, 0.1) is 0 Å². The Morgan fingerprint density at radius 2 is 1.73 bits per heavy atom. The van der Waals surface area contributed by atoms with Gasteiger partial charge in [-0.15, -0.1) is 0 Å². The van der Waals surface area contributed by atoms with E-state index in [0.29, 0.717) is 0 Å². The Hall–Kier alpha value is -0.860. The predicted octanol–water partition coefficient (Wildman–Crippen LogP) is 2.25. The highest BCUT2D eigenvalue weighted by molar-refractivity contribution is 5.22. The summed E-state index contributed by atoms with van der Waals surface area (Å²) in [6.07, 6.45) is 2.41. The van der Waals surface area contributed by atoms with Gasteiger partial charge in [-0.05, 0) is 31.6 Å². The fourth-order valence-electron chi connectivity index (χ4n) is 1.74. The number of hydrogen-bond acceptors (Lipinski definition) is 2. The minimum Gasteiger partial charge on any atom is -0.307 e.